The molecule has 2 aromatic rings. The Balaban J connectivity index is 1.60. The van der Waals surface area contributed by atoms with E-state index in [-0.39, 0.29) is 24.6 Å². The van der Waals surface area contributed by atoms with Crippen LogP contribution in [0.1, 0.15) is 38.7 Å². The monoisotopic (exact) mass is 396 g/mol. The van der Waals surface area contributed by atoms with Crippen LogP contribution in [0, 0.1) is 0 Å². The number of hydrazone groups is 1. The molecule has 1 aliphatic heterocycles. The number of methoxy groups -OCH3 is 1. The maximum Gasteiger partial charge on any atom is 0.260 e. The van der Waals surface area contributed by atoms with Gasteiger partial charge in [-0.25, -0.2) is 4.98 Å². The first-order chi connectivity index (χ1) is 14.1. The summed E-state index contributed by atoms with van der Waals surface area (Å²) >= 11 is 0. The molecule has 1 N–H and O–H groups in total. The van der Waals surface area contributed by atoms with E-state index in [1.807, 2.05) is 35.2 Å². The van der Waals surface area contributed by atoms with Crippen molar-refractivity contribution < 1.29 is 14.3 Å². The van der Waals surface area contributed by atoms with Crippen molar-refractivity contribution in [1.29, 1.82) is 0 Å². The summed E-state index contributed by atoms with van der Waals surface area (Å²) in [6.45, 7) is 4.20. The quantitative estimate of drug-likeness (QED) is 0.570. The molecule has 29 heavy (non-hydrogen) atoms. The first-order valence-corrected chi connectivity index (χ1v) is 9.90. The number of pyridine rings is 1. The molecule has 7 nitrogen and oxygen atoms in total. The van der Waals surface area contributed by atoms with Gasteiger partial charge in [-0.15, -0.1) is 0 Å². The molecule has 2 atom stereocenters. The van der Waals surface area contributed by atoms with Crippen LogP contribution in [0.15, 0.2) is 47.7 Å². The van der Waals surface area contributed by atoms with Gasteiger partial charge in [0.15, 0.2) is 18.1 Å². The van der Waals surface area contributed by atoms with Crippen molar-refractivity contribution in [2.45, 2.75) is 45.2 Å². The van der Waals surface area contributed by atoms with Gasteiger partial charge in [-0.2, -0.15) is 5.10 Å². The summed E-state index contributed by atoms with van der Waals surface area (Å²) in [6.07, 6.45) is 6.61. The SMILES string of the molecule is COc1cc(C=NNc2ccccn2)ccc1OCC(=O)N1C(C)CCCC1C. The summed E-state index contributed by atoms with van der Waals surface area (Å²) in [4.78, 5) is 18.7. The third-order valence-electron chi connectivity index (χ3n) is 5.08. The van der Waals surface area contributed by atoms with Gasteiger partial charge in [-0.1, -0.05) is 6.07 Å². The Kier molecular flexibility index (Phi) is 7.05. The van der Waals surface area contributed by atoms with E-state index in [4.69, 9.17) is 9.47 Å². The van der Waals surface area contributed by atoms with Gasteiger partial charge in [0.05, 0.1) is 13.3 Å². The lowest BCUT2D eigenvalue weighted by atomic mass is 9.97. The Labute approximate surface area is 171 Å². The molecular weight excluding hydrogens is 368 g/mol. The van der Waals surface area contributed by atoms with E-state index in [0.717, 1.165) is 18.4 Å². The second-order valence-corrected chi connectivity index (χ2v) is 7.21. The van der Waals surface area contributed by atoms with Crippen LogP contribution in [-0.2, 0) is 4.79 Å². The second kappa shape index (κ2) is 9.91. The standard InChI is InChI=1S/C22H28N4O3/c1-16-7-6-8-17(2)26(16)22(27)15-29-19-11-10-18(13-20(19)28-3)14-24-25-21-9-4-5-12-23-21/h4-5,9-14,16-17H,6-8,15H2,1-3H3,(H,23,25). The third-order valence-corrected chi connectivity index (χ3v) is 5.08. The van der Waals surface area contributed by atoms with E-state index in [2.05, 4.69) is 29.4 Å². The van der Waals surface area contributed by atoms with E-state index < -0.39 is 0 Å². The molecule has 1 aromatic carbocycles. The number of piperidine rings is 1. The molecule has 1 aromatic heterocycles. The summed E-state index contributed by atoms with van der Waals surface area (Å²) in [5.41, 5.74) is 3.70. The van der Waals surface area contributed by atoms with E-state index in [1.54, 1.807) is 25.6 Å². The first-order valence-electron chi connectivity index (χ1n) is 9.90. The average molecular weight is 396 g/mol. The van der Waals surface area contributed by atoms with Crippen molar-refractivity contribution in [3.8, 4) is 11.5 Å². The fourth-order valence-corrected chi connectivity index (χ4v) is 3.61. The molecule has 1 amide bonds. The minimum atomic E-state index is -0.000290. The summed E-state index contributed by atoms with van der Waals surface area (Å²) < 4.78 is 11.2. The van der Waals surface area contributed by atoms with Crippen LogP contribution >= 0.6 is 0 Å². The number of likely N-dealkylation sites (tertiary alicyclic amines) is 1. The van der Waals surface area contributed by atoms with Crippen molar-refractivity contribution >= 4 is 17.9 Å². The maximum atomic E-state index is 12.7. The number of rotatable bonds is 7. The number of hydrogen-bond acceptors (Lipinski definition) is 6. The highest BCUT2D eigenvalue weighted by Crippen LogP contribution is 2.28. The minimum absolute atomic E-state index is 0.000290. The van der Waals surface area contributed by atoms with E-state index in [9.17, 15) is 4.79 Å². The predicted octanol–water partition coefficient (Wildman–Crippen LogP) is 3.70. The topological polar surface area (TPSA) is 76.0 Å². The number of nitrogens with one attached hydrogen (secondary N) is 1. The summed E-state index contributed by atoms with van der Waals surface area (Å²) in [5.74, 6) is 1.76. The number of aromatic nitrogens is 1. The molecule has 154 valence electrons. The Morgan fingerprint density at radius 1 is 1.24 bits per heavy atom. The predicted molar refractivity (Wildman–Crippen MR) is 114 cm³/mol. The van der Waals surface area contributed by atoms with Crippen molar-refractivity contribution in [1.82, 2.24) is 9.88 Å². The van der Waals surface area contributed by atoms with Gasteiger partial charge in [0.1, 0.15) is 5.82 Å². The molecule has 2 unspecified atom stereocenters. The normalized spacial score (nSPS) is 19.2. The van der Waals surface area contributed by atoms with Gasteiger partial charge < -0.3 is 14.4 Å². The van der Waals surface area contributed by atoms with Gasteiger partial charge in [0.25, 0.3) is 5.91 Å². The van der Waals surface area contributed by atoms with Crippen LogP contribution < -0.4 is 14.9 Å². The Hall–Kier alpha value is -3.09. The highest BCUT2D eigenvalue weighted by atomic mass is 16.5. The number of carbonyl (C=O) groups is 1. The fraction of sp³-hybridized carbons (Fsp3) is 0.409. The largest absolute Gasteiger partial charge is 0.493 e. The number of carbonyl (C=O) groups excluding carboxylic acids is 1. The molecule has 2 heterocycles. The third kappa shape index (κ3) is 5.47. The van der Waals surface area contributed by atoms with Crippen molar-refractivity contribution in [3.05, 3.63) is 48.2 Å². The summed E-state index contributed by atoms with van der Waals surface area (Å²) in [6, 6.07) is 11.5. The summed E-state index contributed by atoms with van der Waals surface area (Å²) in [7, 11) is 1.58. The fourth-order valence-electron chi connectivity index (χ4n) is 3.61. The molecule has 0 spiro atoms. The number of anilines is 1. The van der Waals surface area contributed by atoms with Crippen LogP contribution in [0.5, 0.6) is 11.5 Å². The molecule has 0 aliphatic carbocycles. The van der Waals surface area contributed by atoms with Crippen LogP contribution in [-0.4, -0.2) is 47.8 Å². The van der Waals surface area contributed by atoms with Gasteiger partial charge in [-0.3, -0.25) is 10.2 Å². The number of nitrogens with zero attached hydrogens (tertiary/aromatic N) is 3. The summed E-state index contributed by atoms with van der Waals surface area (Å²) in [5, 5.41) is 4.17. The molecule has 3 rings (SSSR count). The van der Waals surface area contributed by atoms with Gasteiger partial charge in [0, 0.05) is 18.3 Å². The average Bonchev–Trinajstić information content (AvgIpc) is 2.73. The Morgan fingerprint density at radius 2 is 2.03 bits per heavy atom. The van der Waals surface area contributed by atoms with E-state index >= 15 is 0 Å². The Bertz CT molecular complexity index is 831. The first kappa shape index (κ1) is 20.6. The smallest absolute Gasteiger partial charge is 0.260 e. The molecule has 1 aliphatic rings. The van der Waals surface area contributed by atoms with Crippen LogP contribution in [0.25, 0.3) is 0 Å². The van der Waals surface area contributed by atoms with E-state index in [1.165, 1.54) is 6.42 Å². The Morgan fingerprint density at radius 3 is 2.72 bits per heavy atom. The zero-order valence-corrected chi connectivity index (χ0v) is 17.2. The van der Waals surface area contributed by atoms with Gasteiger partial charge in [0.2, 0.25) is 0 Å². The zero-order chi connectivity index (χ0) is 20.6. The van der Waals surface area contributed by atoms with Gasteiger partial charge in [-0.05, 0) is 69.0 Å². The highest BCUT2D eigenvalue weighted by molar-refractivity contribution is 5.82. The maximum absolute atomic E-state index is 12.7. The number of amides is 1. The molecule has 0 radical (unpaired) electrons. The molecule has 0 bridgehead atoms. The van der Waals surface area contributed by atoms with Crippen molar-refractivity contribution in [2.24, 2.45) is 5.10 Å². The number of hydrogen-bond donors (Lipinski definition) is 1. The molecule has 1 fully saturated rings. The van der Waals surface area contributed by atoms with Gasteiger partial charge >= 0.3 is 0 Å². The molecule has 7 heteroatoms. The van der Waals surface area contributed by atoms with Crippen LogP contribution in [0.3, 0.4) is 0 Å². The number of ether oxygens (including phenoxy) is 2. The van der Waals surface area contributed by atoms with Crippen LogP contribution in [0.4, 0.5) is 5.82 Å². The molecule has 0 saturated carbocycles. The van der Waals surface area contributed by atoms with Crippen molar-refractivity contribution in [3.63, 3.8) is 0 Å². The lowest BCUT2D eigenvalue weighted by molar-refractivity contribution is -0.139. The zero-order valence-electron chi connectivity index (χ0n) is 17.2. The number of benzene rings is 1. The lowest BCUT2D eigenvalue weighted by Crippen LogP contribution is -2.49. The second-order valence-electron chi connectivity index (χ2n) is 7.21. The molecular formula is C22H28N4O3. The minimum Gasteiger partial charge on any atom is -0.493 e. The lowest BCUT2D eigenvalue weighted by Gasteiger charge is -2.39. The van der Waals surface area contributed by atoms with Crippen LogP contribution in [0.2, 0.25) is 0 Å². The van der Waals surface area contributed by atoms with E-state index in [0.29, 0.717) is 17.3 Å². The highest BCUT2D eigenvalue weighted by Gasteiger charge is 2.29. The van der Waals surface area contributed by atoms with Crippen molar-refractivity contribution in [2.75, 3.05) is 19.1 Å². The molecule has 1 saturated heterocycles.